The largest absolute Gasteiger partial charge is 0.378 e. The van der Waals surface area contributed by atoms with Crippen LogP contribution in [0, 0.1) is 0 Å². The van der Waals surface area contributed by atoms with E-state index in [4.69, 9.17) is 4.74 Å². The van der Waals surface area contributed by atoms with E-state index in [1.807, 2.05) is 7.05 Å². The Hall–Kier alpha value is -1.01. The molecule has 1 aliphatic rings. The number of ether oxygens (including phenoxy) is 1. The molecule has 17 heavy (non-hydrogen) atoms. The van der Waals surface area contributed by atoms with Gasteiger partial charge in [0, 0.05) is 19.1 Å². The highest BCUT2D eigenvalue weighted by molar-refractivity contribution is 4.84. The third-order valence-corrected chi connectivity index (χ3v) is 3.25. The summed E-state index contributed by atoms with van der Waals surface area (Å²) in [5, 5.41) is 15.4. The van der Waals surface area contributed by atoms with E-state index in [1.165, 1.54) is 17.6 Å². The highest BCUT2D eigenvalue weighted by atomic mass is 16.5. The fourth-order valence-corrected chi connectivity index (χ4v) is 2.23. The van der Waals surface area contributed by atoms with Crippen LogP contribution >= 0.6 is 0 Å². The van der Waals surface area contributed by atoms with Crippen LogP contribution in [0.15, 0.2) is 0 Å². The zero-order valence-corrected chi connectivity index (χ0v) is 10.6. The molecule has 1 fully saturated rings. The van der Waals surface area contributed by atoms with Gasteiger partial charge in [-0.25, -0.2) is 0 Å². The van der Waals surface area contributed by atoms with Crippen LogP contribution in [0.1, 0.15) is 31.5 Å². The Morgan fingerprint density at radius 3 is 3.06 bits per heavy atom. The van der Waals surface area contributed by atoms with Gasteiger partial charge in [-0.15, -0.1) is 10.2 Å². The summed E-state index contributed by atoms with van der Waals surface area (Å²) in [5.41, 5.74) is 0. The van der Waals surface area contributed by atoms with Crippen molar-refractivity contribution in [1.82, 2.24) is 25.5 Å². The Morgan fingerprint density at radius 1 is 1.59 bits per heavy atom. The first-order valence-corrected chi connectivity index (χ1v) is 6.29. The van der Waals surface area contributed by atoms with E-state index in [-0.39, 0.29) is 0 Å². The molecule has 1 aromatic heterocycles. The molecule has 96 valence electrons. The van der Waals surface area contributed by atoms with E-state index in [1.54, 1.807) is 7.05 Å². The third-order valence-electron chi connectivity index (χ3n) is 3.25. The van der Waals surface area contributed by atoms with E-state index in [0.717, 1.165) is 31.7 Å². The second kappa shape index (κ2) is 6.07. The van der Waals surface area contributed by atoms with Crippen molar-refractivity contribution in [3.8, 4) is 0 Å². The minimum Gasteiger partial charge on any atom is -0.378 e. The summed E-state index contributed by atoms with van der Waals surface area (Å²) in [7, 11) is 3.77. The minimum absolute atomic E-state index is 0.406. The maximum Gasteiger partial charge on any atom is 0.176 e. The van der Waals surface area contributed by atoms with Crippen LogP contribution < -0.4 is 5.32 Å². The second-order valence-electron chi connectivity index (χ2n) is 4.60. The van der Waals surface area contributed by atoms with Crippen molar-refractivity contribution in [3.05, 3.63) is 5.82 Å². The molecule has 2 atom stereocenters. The molecular formula is C11H21N5O. The Bertz CT molecular complexity index is 334. The molecule has 0 amide bonds. The second-order valence-corrected chi connectivity index (χ2v) is 4.60. The molecule has 0 saturated carbocycles. The lowest BCUT2D eigenvalue weighted by Gasteiger charge is -2.16. The number of rotatable bonds is 6. The predicted octanol–water partition coefficient (Wildman–Crippen LogP) is 0.300. The van der Waals surface area contributed by atoms with E-state index >= 15 is 0 Å². The van der Waals surface area contributed by atoms with Gasteiger partial charge in [0.2, 0.25) is 0 Å². The van der Waals surface area contributed by atoms with Crippen LogP contribution in [0.5, 0.6) is 0 Å². The van der Waals surface area contributed by atoms with Gasteiger partial charge < -0.3 is 10.1 Å². The van der Waals surface area contributed by atoms with Gasteiger partial charge in [-0.2, -0.15) is 4.80 Å². The molecule has 6 nitrogen and oxygen atoms in total. The number of nitrogens with one attached hydrogen (secondary N) is 1. The van der Waals surface area contributed by atoms with Gasteiger partial charge in [0.15, 0.2) is 5.82 Å². The number of likely N-dealkylation sites (N-methyl/N-ethyl adjacent to an activating group) is 1. The van der Waals surface area contributed by atoms with Gasteiger partial charge in [0.05, 0.1) is 13.2 Å². The number of hydrogen-bond acceptors (Lipinski definition) is 5. The smallest absolute Gasteiger partial charge is 0.176 e. The number of aryl methyl sites for hydroxylation is 1. The van der Waals surface area contributed by atoms with Crippen LogP contribution in [-0.4, -0.2) is 46.0 Å². The third kappa shape index (κ3) is 3.74. The zero-order chi connectivity index (χ0) is 12.1. The Morgan fingerprint density at radius 2 is 2.47 bits per heavy atom. The summed E-state index contributed by atoms with van der Waals surface area (Å²) in [6.45, 7) is 0.931. The lowest BCUT2D eigenvalue weighted by Crippen LogP contribution is -2.29. The Balaban J connectivity index is 1.75. The summed E-state index contributed by atoms with van der Waals surface area (Å²) in [6, 6.07) is 0.406. The molecule has 2 unspecified atom stereocenters. The first kappa shape index (κ1) is 12.4. The molecule has 6 heteroatoms. The Labute approximate surface area is 102 Å². The average molecular weight is 239 g/mol. The maximum absolute atomic E-state index is 5.63. The summed E-state index contributed by atoms with van der Waals surface area (Å²) >= 11 is 0. The molecule has 0 aromatic carbocycles. The fraction of sp³-hybridized carbons (Fsp3) is 0.909. The summed E-state index contributed by atoms with van der Waals surface area (Å²) in [6.07, 6.45) is 5.92. The average Bonchev–Trinajstić information content (AvgIpc) is 2.96. The van der Waals surface area contributed by atoms with Gasteiger partial charge in [-0.05, 0) is 37.9 Å². The maximum atomic E-state index is 5.63. The van der Waals surface area contributed by atoms with Gasteiger partial charge in [-0.3, -0.25) is 0 Å². The first-order chi connectivity index (χ1) is 8.28. The van der Waals surface area contributed by atoms with Crippen LogP contribution in [0.2, 0.25) is 0 Å². The molecule has 1 saturated heterocycles. The topological polar surface area (TPSA) is 64.9 Å². The van der Waals surface area contributed by atoms with Gasteiger partial charge in [0.1, 0.15) is 0 Å². The monoisotopic (exact) mass is 239 g/mol. The summed E-state index contributed by atoms with van der Waals surface area (Å²) in [4.78, 5) is 1.50. The number of aromatic nitrogens is 4. The van der Waals surface area contributed by atoms with Crippen molar-refractivity contribution in [1.29, 1.82) is 0 Å². The van der Waals surface area contributed by atoms with Crippen molar-refractivity contribution in [2.24, 2.45) is 7.05 Å². The molecule has 1 N–H and O–H groups in total. The normalized spacial score (nSPS) is 21.9. The molecule has 0 spiro atoms. The van der Waals surface area contributed by atoms with Crippen LogP contribution in [0.4, 0.5) is 0 Å². The molecule has 1 aromatic rings. The molecule has 0 bridgehead atoms. The lowest BCUT2D eigenvalue weighted by atomic mass is 10.0. The van der Waals surface area contributed by atoms with E-state index in [9.17, 15) is 0 Å². The van der Waals surface area contributed by atoms with Gasteiger partial charge >= 0.3 is 0 Å². The van der Waals surface area contributed by atoms with E-state index in [2.05, 4.69) is 20.7 Å². The molecule has 2 rings (SSSR count). The fourth-order valence-electron chi connectivity index (χ4n) is 2.23. The molecule has 1 aliphatic heterocycles. The summed E-state index contributed by atoms with van der Waals surface area (Å²) in [5.74, 6) is 0.805. The quantitative estimate of drug-likeness (QED) is 0.773. The molecule has 2 heterocycles. The standard InChI is InChI=1S/C11H21N5O/c1-12-9(5-6-10-4-3-7-17-10)8-11-13-15-16(2)14-11/h9-10,12H,3-8H2,1-2H3. The van der Waals surface area contributed by atoms with E-state index < -0.39 is 0 Å². The van der Waals surface area contributed by atoms with E-state index in [0.29, 0.717) is 12.1 Å². The molecule has 0 radical (unpaired) electrons. The SMILES string of the molecule is CNC(CCC1CCCO1)Cc1nnn(C)n1. The van der Waals surface area contributed by atoms with Crippen molar-refractivity contribution >= 4 is 0 Å². The zero-order valence-electron chi connectivity index (χ0n) is 10.6. The Kier molecular flexibility index (Phi) is 4.44. The highest BCUT2D eigenvalue weighted by Gasteiger charge is 2.18. The summed E-state index contributed by atoms with van der Waals surface area (Å²) < 4.78 is 5.63. The number of nitrogens with zero attached hydrogens (tertiary/aromatic N) is 4. The molecule has 0 aliphatic carbocycles. The van der Waals surface area contributed by atoms with Gasteiger partial charge in [0.25, 0.3) is 0 Å². The van der Waals surface area contributed by atoms with Crippen molar-refractivity contribution < 1.29 is 4.74 Å². The van der Waals surface area contributed by atoms with Crippen molar-refractivity contribution in [2.45, 2.75) is 44.2 Å². The van der Waals surface area contributed by atoms with Crippen molar-refractivity contribution in [2.75, 3.05) is 13.7 Å². The molecular weight excluding hydrogens is 218 g/mol. The highest BCUT2D eigenvalue weighted by Crippen LogP contribution is 2.18. The number of hydrogen-bond donors (Lipinski definition) is 1. The van der Waals surface area contributed by atoms with Gasteiger partial charge in [-0.1, -0.05) is 0 Å². The van der Waals surface area contributed by atoms with Crippen molar-refractivity contribution in [3.63, 3.8) is 0 Å². The lowest BCUT2D eigenvalue weighted by molar-refractivity contribution is 0.0997. The first-order valence-electron chi connectivity index (χ1n) is 6.29. The number of tetrazole rings is 1. The van der Waals surface area contributed by atoms with Crippen LogP contribution in [-0.2, 0) is 18.2 Å². The predicted molar refractivity (Wildman–Crippen MR) is 63.6 cm³/mol. The van der Waals surface area contributed by atoms with Crippen LogP contribution in [0.25, 0.3) is 0 Å². The van der Waals surface area contributed by atoms with Crippen LogP contribution in [0.3, 0.4) is 0 Å². The minimum atomic E-state index is 0.406.